The number of hydrogen-bond acceptors (Lipinski definition) is 5. The molecular formula is C16H12N4O2. The van der Waals surface area contributed by atoms with Gasteiger partial charge >= 0.3 is 0 Å². The molecule has 0 saturated heterocycles. The van der Waals surface area contributed by atoms with Gasteiger partial charge in [-0.05, 0) is 17.7 Å². The molecule has 0 bridgehead atoms. The van der Waals surface area contributed by atoms with E-state index in [0.717, 1.165) is 5.56 Å². The van der Waals surface area contributed by atoms with Crippen LogP contribution in [-0.4, -0.2) is 9.97 Å². The molecule has 0 unspecified atom stereocenters. The van der Waals surface area contributed by atoms with Crippen LogP contribution >= 0.6 is 0 Å². The minimum absolute atomic E-state index is 0.0692. The van der Waals surface area contributed by atoms with Crippen LogP contribution in [0.2, 0.25) is 0 Å². The van der Waals surface area contributed by atoms with Gasteiger partial charge in [0, 0.05) is 6.54 Å². The lowest BCUT2D eigenvalue weighted by atomic mass is 10.2. The van der Waals surface area contributed by atoms with Gasteiger partial charge in [-0.2, -0.15) is 5.26 Å². The Morgan fingerprint density at radius 2 is 2.05 bits per heavy atom. The van der Waals surface area contributed by atoms with Crippen LogP contribution in [0.5, 0.6) is 0 Å². The van der Waals surface area contributed by atoms with Crippen molar-refractivity contribution in [3.05, 3.63) is 70.2 Å². The van der Waals surface area contributed by atoms with Crippen molar-refractivity contribution >= 4 is 5.95 Å². The second-order valence-corrected chi connectivity index (χ2v) is 4.57. The predicted octanol–water partition coefficient (Wildman–Crippen LogP) is 2.51. The number of aromatic nitrogens is 2. The number of anilines is 1. The molecule has 0 aliphatic heterocycles. The van der Waals surface area contributed by atoms with Crippen molar-refractivity contribution in [2.45, 2.75) is 6.54 Å². The molecule has 0 aliphatic carbocycles. The highest BCUT2D eigenvalue weighted by atomic mass is 16.3. The molecule has 3 rings (SSSR count). The van der Waals surface area contributed by atoms with E-state index in [4.69, 9.17) is 9.68 Å². The smallest absolute Gasteiger partial charge is 0.270 e. The van der Waals surface area contributed by atoms with Crippen molar-refractivity contribution in [3.8, 4) is 17.5 Å². The van der Waals surface area contributed by atoms with E-state index in [-0.39, 0.29) is 11.3 Å². The van der Waals surface area contributed by atoms with Crippen molar-refractivity contribution in [1.29, 1.82) is 5.26 Å². The van der Waals surface area contributed by atoms with Gasteiger partial charge in [0.2, 0.25) is 5.95 Å². The Balaban J connectivity index is 1.93. The Bertz CT molecular complexity index is 861. The third-order valence-corrected chi connectivity index (χ3v) is 3.09. The molecule has 22 heavy (non-hydrogen) atoms. The van der Waals surface area contributed by atoms with Crippen molar-refractivity contribution in [3.63, 3.8) is 0 Å². The fraction of sp³-hybridized carbons (Fsp3) is 0.0625. The zero-order valence-electron chi connectivity index (χ0n) is 11.5. The second kappa shape index (κ2) is 5.97. The fourth-order valence-electron chi connectivity index (χ4n) is 2.03. The largest absolute Gasteiger partial charge is 0.463 e. The van der Waals surface area contributed by atoms with Crippen LogP contribution in [0.3, 0.4) is 0 Å². The molecule has 0 fully saturated rings. The summed E-state index contributed by atoms with van der Waals surface area (Å²) in [7, 11) is 0. The molecule has 0 aliphatic rings. The van der Waals surface area contributed by atoms with E-state index in [1.165, 1.54) is 6.26 Å². The lowest BCUT2D eigenvalue weighted by Gasteiger charge is -2.07. The summed E-state index contributed by atoms with van der Waals surface area (Å²) in [6, 6.07) is 14.9. The van der Waals surface area contributed by atoms with Crippen LogP contribution in [-0.2, 0) is 6.54 Å². The highest BCUT2D eigenvalue weighted by Gasteiger charge is 2.15. The third-order valence-electron chi connectivity index (χ3n) is 3.09. The number of furan rings is 1. The minimum atomic E-state index is -0.500. The van der Waals surface area contributed by atoms with Gasteiger partial charge in [0.1, 0.15) is 17.3 Å². The molecule has 2 aromatic heterocycles. The van der Waals surface area contributed by atoms with E-state index >= 15 is 0 Å². The van der Waals surface area contributed by atoms with Crippen LogP contribution in [0.15, 0.2) is 57.9 Å². The summed E-state index contributed by atoms with van der Waals surface area (Å²) in [6.45, 7) is 0.507. The number of nitriles is 1. The van der Waals surface area contributed by atoms with Gasteiger partial charge in [0.15, 0.2) is 5.76 Å². The summed E-state index contributed by atoms with van der Waals surface area (Å²) < 4.78 is 5.24. The summed E-state index contributed by atoms with van der Waals surface area (Å²) in [5.41, 5.74) is 0.709. The molecule has 1 aromatic carbocycles. The zero-order valence-corrected chi connectivity index (χ0v) is 11.5. The first kappa shape index (κ1) is 13.6. The first-order valence-corrected chi connectivity index (χ1v) is 6.64. The molecular weight excluding hydrogens is 280 g/mol. The highest BCUT2D eigenvalue weighted by Crippen LogP contribution is 2.20. The van der Waals surface area contributed by atoms with E-state index in [1.807, 2.05) is 36.4 Å². The number of nitrogens with zero attached hydrogens (tertiary/aromatic N) is 2. The van der Waals surface area contributed by atoms with E-state index in [1.54, 1.807) is 12.1 Å². The fourth-order valence-corrected chi connectivity index (χ4v) is 2.03. The molecule has 2 heterocycles. The van der Waals surface area contributed by atoms with Gasteiger partial charge < -0.3 is 9.73 Å². The van der Waals surface area contributed by atoms with E-state index in [9.17, 15) is 4.79 Å². The Kier molecular flexibility index (Phi) is 3.70. The van der Waals surface area contributed by atoms with E-state index in [0.29, 0.717) is 18.3 Å². The Morgan fingerprint density at radius 3 is 2.73 bits per heavy atom. The number of rotatable bonds is 4. The second-order valence-electron chi connectivity index (χ2n) is 4.57. The van der Waals surface area contributed by atoms with E-state index < -0.39 is 5.56 Å². The summed E-state index contributed by atoms with van der Waals surface area (Å²) in [4.78, 5) is 18.8. The Hall–Kier alpha value is -3.33. The molecule has 0 amide bonds. The van der Waals surface area contributed by atoms with Crippen molar-refractivity contribution in [1.82, 2.24) is 9.97 Å². The number of H-pyrrole nitrogens is 1. The number of hydrogen-bond donors (Lipinski definition) is 2. The third kappa shape index (κ3) is 2.74. The van der Waals surface area contributed by atoms with Gasteiger partial charge in [-0.3, -0.25) is 9.78 Å². The number of aromatic amines is 1. The summed E-state index contributed by atoms with van der Waals surface area (Å²) in [5.74, 6) is 0.671. The monoisotopic (exact) mass is 292 g/mol. The number of benzene rings is 1. The molecule has 0 radical (unpaired) electrons. The summed E-state index contributed by atoms with van der Waals surface area (Å²) in [6.07, 6.45) is 1.47. The standard InChI is InChI=1S/C16H12N4O2/c17-9-12-14(13-7-4-8-22-13)19-16(20-15(12)21)18-10-11-5-2-1-3-6-11/h1-8H,10H2,(H2,18,19,20,21). The SMILES string of the molecule is N#Cc1c(-c2ccco2)nc(NCc2ccccc2)[nH]c1=O. The normalized spacial score (nSPS) is 10.1. The lowest BCUT2D eigenvalue weighted by molar-refractivity contribution is 0.579. The van der Waals surface area contributed by atoms with Crippen LogP contribution in [0.4, 0.5) is 5.95 Å². The topological polar surface area (TPSA) is 94.7 Å². The number of nitrogens with one attached hydrogen (secondary N) is 2. The maximum atomic E-state index is 12.0. The minimum Gasteiger partial charge on any atom is -0.463 e. The molecule has 0 saturated carbocycles. The quantitative estimate of drug-likeness (QED) is 0.770. The molecule has 3 aromatic rings. The summed E-state index contributed by atoms with van der Waals surface area (Å²) in [5, 5.41) is 12.2. The maximum Gasteiger partial charge on any atom is 0.270 e. The van der Waals surface area contributed by atoms with Gasteiger partial charge in [0.25, 0.3) is 5.56 Å². The van der Waals surface area contributed by atoms with Crippen molar-refractivity contribution in [2.75, 3.05) is 5.32 Å². The van der Waals surface area contributed by atoms with E-state index in [2.05, 4.69) is 15.3 Å². The van der Waals surface area contributed by atoms with Gasteiger partial charge in [-0.25, -0.2) is 4.98 Å². The van der Waals surface area contributed by atoms with Crippen molar-refractivity contribution in [2.24, 2.45) is 0 Å². The van der Waals surface area contributed by atoms with Crippen LogP contribution in [0.25, 0.3) is 11.5 Å². The Morgan fingerprint density at radius 1 is 1.23 bits per heavy atom. The molecule has 6 heteroatoms. The first-order chi connectivity index (χ1) is 10.8. The average Bonchev–Trinajstić information content (AvgIpc) is 3.07. The van der Waals surface area contributed by atoms with Gasteiger partial charge in [0.05, 0.1) is 6.26 Å². The molecule has 2 N–H and O–H groups in total. The molecule has 6 nitrogen and oxygen atoms in total. The highest BCUT2D eigenvalue weighted by molar-refractivity contribution is 5.62. The van der Waals surface area contributed by atoms with Gasteiger partial charge in [-0.1, -0.05) is 30.3 Å². The zero-order chi connectivity index (χ0) is 15.4. The molecule has 0 spiro atoms. The average molecular weight is 292 g/mol. The van der Waals surface area contributed by atoms with Crippen LogP contribution < -0.4 is 10.9 Å². The lowest BCUT2D eigenvalue weighted by Crippen LogP contribution is -2.17. The maximum absolute atomic E-state index is 12.0. The Labute approximate surface area is 126 Å². The van der Waals surface area contributed by atoms with Gasteiger partial charge in [-0.15, -0.1) is 0 Å². The first-order valence-electron chi connectivity index (χ1n) is 6.64. The predicted molar refractivity (Wildman–Crippen MR) is 81.0 cm³/mol. The van der Waals surface area contributed by atoms with Crippen molar-refractivity contribution < 1.29 is 4.42 Å². The van der Waals surface area contributed by atoms with Crippen LogP contribution in [0, 0.1) is 11.3 Å². The molecule has 108 valence electrons. The molecule has 0 atom stereocenters. The summed E-state index contributed by atoms with van der Waals surface area (Å²) >= 11 is 0. The van der Waals surface area contributed by atoms with Crippen LogP contribution in [0.1, 0.15) is 11.1 Å².